The van der Waals surface area contributed by atoms with E-state index in [1.807, 2.05) is 0 Å². The molecule has 0 aliphatic carbocycles. The molecule has 9 nitrogen and oxygen atoms in total. The molecule has 3 N–H and O–H groups in total. The highest BCUT2D eigenvalue weighted by molar-refractivity contribution is 7.92. The number of carbonyl (C=O) groups is 1. The summed E-state index contributed by atoms with van der Waals surface area (Å²) in [6, 6.07) is 6.14. The first-order valence-corrected chi connectivity index (χ1v) is 9.34. The normalized spacial score (nSPS) is 11.5. The van der Waals surface area contributed by atoms with Gasteiger partial charge < -0.3 is 14.7 Å². The van der Waals surface area contributed by atoms with Gasteiger partial charge in [-0.15, -0.1) is 0 Å². The van der Waals surface area contributed by atoms with Crippen LogP contribution < -0.4 is 15.6 Å². The van der Waals surface area contributed by atoms with Crippen LogP contribution in [0.4, 0.5) is 11.4 Å². The van der Waals surface area contributed by atoms with E-state index in [0.29, 0.717) is 11.4 Å². The van der Waals surface area contributed by atoms with Crippen LogP contribution in [-0.2, 0) is 10.0 Å². The van der Waals surface area contributed by atoms with Crippen LogP contribution in [0, 0.1) is 6.92 Å². The second-order valence-corrected chi connectivity index (χ2v) is 7.49. The first-order valence-electron chi connectivity index (χ1n) is 7.69. The lowest BCUT2D eigenvalue weighted by molar-refractivity contribution is 0.102. The molecule has 3 rings (SSSR count). The Morgan fingerprint density at radius 2 is 1.88 bits per heavy atom. The van der Waals surface area contributed by atoms with Gasteiger partial charge in [-0.2, -0.15) is 0 Å². The Morgan fingerprint density at radius 1 is 1.23 bits per heavy atom. The minimum Gasteiger partial charge on any atom is -0.442 e. The molecule has 2 heterocycles. The number of amides is 1. The number of hydrogen-bond acceptors (Lipinski definition) is 6. The molecule has 0 bridgehead atoms. The molecule has 1 aromatic carbocycles. The SMILES string of the molecule is CCS(=O)(=O)Nc1ccc(NC(=O)c2c(C)oc3nc[nH]c(=O)c23)cc1. The zero-order valence-electron chi connectivity index (χ0n) is 14.0. The maximum atomic E-state index is 12.6. The fourth-order valence-electron chi connectivity index (χ4n) is 2.39. The first-order chi connectivity index (χ1) is 12.3. The van der Waals surface area contributed by atoms with Crippen LogP contribution in [0.15, 0.2) is 39.8 Å². The predicted molar refractivity (Wildman–Crippen MR) is 96.8 cm³/mol. The van der Waals surface area contributed by atoms with E-state index in [-0.39, 0.29) is 28.2 Å². The Morgan fingerprint density at radius 3 is 2.54 bits per heavy atom. The third-order valence-electron chi connectivity index (χ3n) is 3.69. The van der Waals surface area contributed by atoms with Gasteiger partial charge >= 0.3 is 0 Å². The minimum absolute atomic E-state index is 0.0408. The number of carbonyl (C=O) groups excluding carboxylic acids is 1. The largest absolute Gasteiger partial charge is 0.442 e. The van der Waals surface area contributed by atoms with Crippen molar-refractivity contribution in [2.75, 3.05) is 15.8 Å². The zero-order chi connectivity index (χ0) is 18.9. The zero-order valence-corrected chi connectivity index (χ0v) is 14.8. The molecule has 26 heavy (non-hydrogen) atoms. The monoisotopic (exact) mass is 376 g/mol. The summed E-state index contributed by atoms with van der Waals surface area (Å²) in [7, 11) is -3.37. The quantitative estimate of drug-likeness (QED) is 0.622. The van der Waals surface area contributed by atoms with E-state index in [1.165, 1.54) is 25.4 Å². The van der Waals surface area contributed by atoms with Gasteiger partial charge in [-0.1, -0.05) is 0 Å². The Labute approximate surface area is 148 Å². The summed E-state index contributed by atoms with van der Waals surface area (Å²) < 4.78 is 30.9. The smallest absolute Gasteiger partial charge is 0.262 e. The lowest BCUT2D eigenvalue weighted by Gasteiger charge is -2.08. The number of nitrogens with one attached hydrogen (secondary N) is 3. The molecule has 10 heteroatoms. The number of benzene rings is 1. The molecule has 0 fully saturated rings. The van der Waals surface area contributed by atoms with Gasteiger partial charge in [0.15, 0.2) is 0 Å². The van der Waals surface area contributed by atoms with Crippen molar-refractivity contribution in [1.29, 1.82) is 0 Å². The van der Waals surface area contributed by atoms with Gasteiger partial charge in [-0.3, -0.25) is 14.3 Å². The summed E-state index contributed by atoms with van der Waals surface area (Å²) in [5.74, 6) is -0.295. The van der Waals surface area contributed by atoms with E-state index < -0.39 is 21.5 Å². The van der Waals surface area contributed by atoms with Crippen molar-refractivity contribution in [2.24, 2.45) is 0 Å². The summed E-state index contributed by atoms with van der Waals surface area (Å²) in [5.41, 5.74) is 0.533. The number of rotatable bonds is 5. The number of furan rings is 1. The molecule has 0 unspecified atom stereocenters. The van der Waals surface area contributed by atoms with Crippen molar-refractivity contribution in [3.05, 3.63) is 52.3 Å². The van der Waals surface area contributed by atoms with Crippen LogP contribution in [0.3, 0.4) is 0 Å². The summed E-state index contributed by atoms with van der Waals surface area (Å²) >= 11 is 0. The van der Waals surface area contributed by atoms with Gasteiger partial charge in [0, 0.05) is 11.4 Å². The van der Waals surface area contributed by atoms with E-state index in [1.54, 1.807) is 19.1 Å². The topological polar surface area (TPSA) is 134 Å². The van der Waals surface area contributed by atoms with Gasteiger partial charge in [0.2, 0.25) is 15.7 Å². The Bertz CT molecular complexity index is 1130. The van der Waals surface area contributed by atoms with Crippen molar-refractivity contribution in [3.8, 4) is 0 Å². The van der Waals surface area contributed by atoms with Crippen molar-refractivity contribution in [2.45, 2.75) is 13.8 Å². The lowest BCUT2D eigenvalue weighted by Crippen LogP contribution is -2.16. The average Bonchev–Trinajstić information content (AvgIpc) is 2.94. The number of aromatic amines is 1. The average molecular weight is 376 g/mol. The van der Waals surface area contributed by atoms with Crippen LogP contribution in [0.25, 0.3) is 11.1 Å². The van der Waals surface area contributed by atoms with Crippen LogP contribution in [0.1, 0.15) is 23.0 Å². The Balaban J connectivity index is 1.85. The van der Waals surface area contributed by atoms with E-state index in [2.05, 4.69) is 20.0 Å². The number of anilines is 2. The summed E-state index contributed by atoms with van der Waals surface area (Å²) in [6.07, 6.45) is 1.20. The molecular weight excluding hydrogens is 360 g/mol. The lowest BCUT2D eigenvalue weighted by atomic mass is 10.1. The molecule has 0 radical (unpaired) electrons. The van der Waals surface area contributed by atoms with E-state index in [0.717, 1.165) is 0 Å². The molecule has 3 aromatic rings. The van der Waals surface area contributed by atoms with Crippen LogP contribution in [-0.4, -0.2) is 30.0 Å². The summed E-state index contributed by atoms with van der Waals surface area (Å²) in [6.45, 7) is 3.10. The standard InChI is InChI=1S/C16H16N4O5S/c1-3-26(23,24)20-11-6-4-10(5-7-11)19-15(22)12-9(2)25-16-13(12)14(21)17-8-18-16/h4-8,20H,3H2,1-2H3,(H,19,22)(H,17,18,21). The third-order valence-corrected chi connectivity index (χ3v) is 5.00. The van der Waals surface area contributed by atoms with Gasteiger partial charge in [0.1, 0.15) is 11.1 Å². The summed E-state index contributed by atoms with van der Waals surface area (Å²) in [5, 5.41) is 2.73. The van der Waals surface area contributed by atoms with E-state index in [9.17, 15) is 18.0 Å². The van der Waals surface area contributed by atoms with Crippen molar-refractivity contribution < 1.29 is 17.6 Å². The Hall–Kier alpha value is -3.14. The molecule has 0 atom stereocenters. The van der Waals surface area contributed by atoms with Gasteiger partial charge in [-0.25, -0.2) is 13.4 Å². The number of aromatic nitrogens is 2. The van der Waals surface area contributed by atoms with Gasteiger partial charge in [-0.05, 0) is 38.1 Å². The number of sulfonamides is 1. The number of fused-ring (bicyclic) bond motifs is 1. The number of H-pyrrole nitrogens is 1. The molecule has 0 saturated carbocycles. The number of hydrogen-bond donors (Lipinski definition) is 3. The summed E-state index contributed by atoms with van der Waals surface area (Å²) in [4.78, 5) is 30.8. The first kappa shape index (κ1) is 17.7. The number of aryl methyl sites for hydroxylation is 1. The molecule has 2 aromatic heterocycles. The maximum Gasteiger partial charge on any atom is 0.262 e. The van der Waals surface area contributed by atoms with Crippen molar-refractivity contribution in [3.63, 3.8) is 0 Å². The van der Waals surface area contributed by atoms with Gasteiger partial charge in [0.25, 0.3) is 11.5 Å². The van der Waals surface area contributed by atoms with Crippen molar-refractivity contribution in [1.82, 2.24) is 9.97 Å². The van der Waals surface area contributed by atoms with Gasteiger partial charge in [0.05, 0.1) is 17.6 Å². The minimum atomic E-state index is -3.37. The molecule has 1 amide bonds. The van der Waals surface area contributed by atoms with E-state index in [4.69, 9.17) is 4.42 Å². The molecule has 0 aliphatic rings. The second-order valence-electron chi connectivity index (χ2n) is 5.48. The predicted octanol–water partition coefficient (Wildman–Crippen LogP) is 1.84. The molecule has 136 valence electrons. The van der Waals surface area contributed by atoms with Crippen LogP contribution >= 0.6 is 0 Å². The molecule has 0 spiro atoms. The second kappa shape index (κ2) is 6.64. The molecular formula is C16H16N4O5S. The highest BCUT2D eigenvalue weighted by Gasteiger charge is 2.21. The fourth-order valence-corrected chi connectivity index (χ4v) is 3.03. The third kappa shape index (κ3) is 3.45. The molecule has 0 aliphatic heterocycles. The van der Waals surface area contributed by atoms with Crippen molar-refractivity contribution >= 4 is 38.4 Å². The van der Waals surface area contributed by atoms with Crippen LogP contribution in [0.2, 0.25) is 0 Å². The Kier molecular flexibility index (Phi) is 4.51. The highest BCUT2D eigenvalue weighted by atomic mass is 32.2. The maximum absolute atomic E-state index is 12.6. The highest BCUT2D eigenvalue weighted by Crippen LogP contribution is 2.22. The number of nitrogens with zero attached hydrogens (tertiary/aromatic N) is 1. The van der Waals surface area contributed by atoms with Crippen LogP contribution in [0.5, 0.6) is 0 Å². The van der Waals surface area contributed by atoms with E-state index >= 15 is 0 Å². The molecule has 0 saturated heterocycles. The fraction of sp³-hybridized carbons (Fsp3) is 0.188.